The SMILES string of the molecule is O=C(O)C1CCCCCN1S(=O)(=O)c1cc(Cl)sc1Cl. The third-order valence-corrected chi connectivity index (χ3v) is 6.86. The number of aliphatic carboxylic acids is 1. The van der Waals surface area contributed by atoms with Crippen LogP contribution in [-0.2, 0) is 14.8 Å². The molecule has 0 bridgehead atoms. The quantitative estimate of drug-likeness (QED) is 0.901. The van der Waals surface area contributed by atoms with Gasteiger partial charge in [-0.2, -0.15) is 4.31 Å². The predicted molar refractivity (Wildman–Crippen MR) is 78.1 cm³/mol. The van der Waals surface area contributed by atoms with Crippen LogP contribution in [0.25, 0.3) is 0 Å². The summed E-state index contributed by atoms with van der Waals surface area (Å²) in [4.78, 5) is 11.2. The standard InChI is InChI=1S/C11H13Cl2NO4S2/c12-9-6-8(10(13)19-9)20(17,18)14-5-3-1-2-4-7(14)11(15)16/h6-7H,1-5H2,(H,15,16). The molecule has 2 heterocycles. The molecular formula is C11H13Cl2NO4S2. The van der Waals surface area contributed by atoms with Gasteiger partial charge in [-0.15, -0.1) is 11.3 Å². The Bertz CT molecular complexity index is 614. The van der Waals surface area contributed by atoms with E-state index in [4.69, 9.17) is 23.2 Å². The predicted octanol–water partition coefficient (Wildman–Crippen LogP) is 3.07. The molecule has 1 saturated heterocycles. The van der Waals surface area contributed by atoms with Crippen molar-refractivity contribution < 1.29 is 18.3 Å². The Morgan fingerprint density at radius 1 is 1.35 bits per heavy atom. The Balaban J connectivity index is 2.44. The number of carbonyl (C=O) groups is 1. The van der Waals surface area contributed by atoms with E-state index in [1.165, 1.54) is 6.07 Å². The fourth-order valence-electron chi connectivity index (χ4n) is 2.24. The number of hydrogen-bond donors (Lipinski definition) is 1. The maximum absolute atomic E-state index is 12.6. The zero-order chi connectivity index (χ0) is 14.9. The van der Waals surface area contributed by atoms with Crippen LogP contribution in [0.2, 0.25) is 8.67 Å². The Morgan fingerprint density at radius 3 is 2.60 bits per heavy atom. The highest BCUT2D eigenvalue weighted by Crippen LogP contribution is 2.37. The van der Waals surface area contributed by atoms with Crippen molar-refractivity contribution in [2.75, 3.05) is 6.54 Å². The van der Waals surface area contributed by atoms with Crippen molar-refractivity contribution >= 4 is 50.5 Å². The van der Waals surface area contributed by atoms with Gasteiger partial charge in [-0.05, 0) is 18.9 Å². The van der Waals surface area contributed by atoms with Crippen LogP contribution >= 0.6 is 34.5 Å². The number of sulfonamides is 1. The van der Waals surface area contributed by atoms with Gasteiger partial charge in [-0.3, -0.25) is 4.79 Å². The molecule has 0 amide bonds. The summed E-state index contributed by atoms with van der Waals surface area (Å²) < 4.78 is 26.6. The van der Waals surface area contributed by atoms with E-state index in [9.17, 15) is 18.3 Å². The number of carboxylic acids is 1. The van der Waals surface area contributed by atoms with Gasteiger partial charge in [-0.25, -0.2) is 8.42 Å². The van der Waals surface area contributed by atoms with E-state index in [-0.39, 0.29) is 20.1 Å². The van der Waals surface area contributed by atoms with Crippen molar-refractivity contribution in [3.8, 4) is 0 Å². The first-order valence-electron chi connectivity index (χ1n) is 6.03. The lowest BCUT2D eigenvalue weighted by molar-refractivity contribution is -0.141. The molecule has 2 rings (SSSR count). The fraction of sp³-hybridized carbons (Fsp3) is 0.545. The first-order valence-corrected chi connectivity index (χ1v) is 9.05. The molecule has 0 radical (unpaired) electrons. The Hall–Kier alpha value is -0.340. The monoisotopic (exact) mass is 357 g/mol. The van der Waals surface area contributed by atoms with Gasteiger partial charge in [0.05, 0.1) is 4.34 Å². The van der Waals surface area contributed by atoms with E-state index in [0.29, 0.717) is 19.3 Å². The highest BCUT2D eigenvalue weighted by Gasteiger charge is 2.38. The van der Waals surface area contributed by atoms with Crippen LogP contribution in [0, 0.1) is 0 Å². The molecule has 1 N–H and O–H groups in total. The molecule has 1 unspecified atom stereocenters. The number of rotatable bonds is 3. The number of carboxylic acid groups (broad SMARTS) is 1. The molecule has 1 aliphatic heterocycles. The summed E-state index contributed by atoms with van der Waals surface area (Å²) in [6.45, 7) is 0.184. The topological polar surface area (TPSA) is 74.7 Å². The van der Waals surface area contributed by atoms with E-state index < -0.39 is 22.0 Å². The average molecular weight is 358 g/mol. The zero-order valence-electron chi connectivity index (χ0n) is 10.4. The lowest BCUT2D eigenvalue weighted by atomic mass is 10.1. The fourth-order valence-corrected chi connectivity index (χ4v) is 6.01. The van der Waals surface area contributed by atoms with Crippen LogP contribution in [-0.4, -0.2) is 36.4 Å². The van der Waals surface area contributed by atoms with Crippen molar-refractivity contribution in [1.29, 1.82) is 0 Å². The first kappa shape index (κ1) is 16.0. The molecule has 0 saturated carbocycles. The Morgan fingerprint density at radius 2 is 2.05 bits per heavy atom. The van der Waals surface area contributed by atoms with Crippen molar-refractivity contribution in [3.63, 3.8) is 0 Å². The summed E-state index contributed by atoms with van der Waals surface area (Å²) in [5, 5.41) is 9.26. The second-order valence-corrected chi connectivity index (χ2v) is 8.65. The molecule has 0 spiro atoms. The maximum atomic E-state index is 12.6. The number of thiophene rings is 1. The molecule has 0 aliphatic carbocycles. The molecule has 112 valence electrons. The summed E-state index contributed by atoms with van der Waals surface area (Å²) >= 11 is 12.6. The second-order valence-electron chi connectivity index (χ2n) is 4.51. The van der Waals surface area contributed by atoms with E-state index in [1.54, 1.807) is 0 Å². The smallest absolute Gasteiger partial charge is 0.322 e. The van der Waals surface area contributed by atoms with E-state index in [1.807, 2.05) is 0 Å². The normalized spacial score (nSPS) is 21.6. The minimum atomic E-state index is -3.94. The van der Waals surface area contributed by atoms with Gasteiger partial charge in [0.15, 0.2) is 0 Å². The van der Waals surface area contributed by atoms with Crippen molar-refractivity contribution in [1.82, 2.24) is 4.31 Å². The Kier molecular flexibility index (Phi) is 4.96. The van der Waals surface area contributed by atoms with Gasteiger partial charge in [0.2, 0.25) is 10.0 Å². The van der Waals surface area contributed by atoms with Crippen molar-refractivity contribution in [2.24, 2.45) is 0 Å². The molecule has 20 heavy (non-hydrogen) atoms. The third kappa shape index (κ3) is 3.12. The highest BCUT2D eigenvalue weighted by atomic mass is 35.5. The average Bonchev–Trinajstić information content (AvgIpc) is 2.59. The lowest BCUT2D eigenvalue weighted by Crippen LogP contribution is -2.44. The van der Waals surface area contributed by atoms with Crippen molar-refractivity contribution in [3.05, 3.63) is 14.7 Å². The molecule has 1 atom stereocenters. The summed E-state index contributed by atoms with van der Waals surface area (Å²) in [7, 11) is -3.94. The molecule has 0 aromatic carbocycles. The molecule has 9 heteroatoms. The summed E-state index contributed by atoms with van der Waals surface area (Å²) in [6.07, 6.45) is 2.46. The van der Waals surface area contributed by atoms with Gasteiger partial charge < -0.3 is 5.11 Å². The van der Waals surface area contributed by atoms with Crippen LogP contribution in [0.15, 0.2) is 11.0 Å². The molecular weight excluding hydrogens is 345 g/mol. The largest absolute Gasteiger partial charge is 0.480 e. The van der Waals surface area contributed by atoms with Gasteiger partial charge in [0, 0.05) is 6.54 Å². The zero-order valence-corrected chi connectivity index (χ0v) is 13.5. The van der Waals surface area contributed by atoms with Crippen LogP contribution < -0.4 is 0 Å². The Labute approximate surface area is 131 Å². The molecule has 1 aromatic rings. The summed E-state index contributed by atoms with van der Waals surface area (Å²) in [5.41, 5.74) is 0. The van der Waals surface area contributed by atoms with Gasteiger partial charge in [-0.1, -0.05) is 36.0 Å². The number of halogens is 2. The van der Waals surface area contributed by atoms with Gasteiger partial charge >= 0.3 is 5.97 Å². The molecule has 1 aromatic heterocycles. The number of nitrogens with zero attached hydrogens (tertiary/aromatic N) is 1. The number of hydrogen-bond acceptors (Lipinski definition) is 4. The van der Waals surface area contributed by atoms with Crippen LogP contribution in [0.4, 0.5) is 0 Å². The van der Waals surface area contributed by atoms with Crippen LogP contribution in [0.1, 0.15) is 25.7 Å². The maximum Gasteiger partial charge on any atom is 0.322 e. The van der Waals surface area contributed by atoms with Gasteiger partial charge in [0.1, 0.15) is 15.3 Å². The van der Waals surface area contributed by atoms with Crippen LogP contribution in [0.3, 0.4) is 0 Å². The molecule has 1 aliphatic rings. The van der Waals surface area contributed by atoms with Crippen molar-refractivity contribution in [2.45, 2.75) is 36.6 Å². The third-order valence-electron chi connectivity index (χ3n) is 3.20. The van der Waals surface area contributed by atoms with E-state index in [0.717, 1.165) is 22.1 Å². The molecule has 5 nitrogen and oxygen atoms in total. The van der Waals surface area contributed by atoms with E-state index >= 15 is 0 Å². The lowest BCUT2D eigenvalue weighted by Gasteiger charge is -2.25. The van der Waals surface area contributed by atoms with Gasteiger partial charge in [0.25, 0.3) is 0 Å². The summed E-state index contributed by atoms with van der Waals surface area (Å²) in [6, 6.07) is 0.227. The summed E-state index contributed by atoms with van der Waals surface area (Å²) in [5.74, 6) is -1.13. The van der Waals surface area contributed by atoms with E-state index in [2.05, 4.69) is 0 Å². The molecule has 1 fully saturated rings. The minimum absolute atomic E-state index is 0.0587. The van der Waals surface area contributed by atoms with Crippen LogP contribution in [0.5, 0.6) is 0 Å². The second kappa shape index (κ2) is 6.19. The minimum Gasteiger partial charge on any atom is -0.480 e. The highest BCUT2D eigenvalue weighted by molar-refractivity contribution is 7.89. The first-order chi connectivity index (χ1) is 9.34.